The number of aliphatic hydroxyl groups is 1. The van der Waals surface area contributed by atoms with E-state index in [2.05, 4.69) is 43.9 Å². The van der Waals surface area contributed by atoms with Crippen molar-refractivity contribution in [2.75, 3.05) is 0 Å². The van der Waals surface area contributed by atoms with Crippen LogP contribution in [0.3, 0.4) is 0 Å². The number of phenolic OH excluding ortho intramolecular Hbond substituents is 1. The Balaban J connectivity index is 1.60. The predicted octanol–water partition coefficient (Wildman–Crippen LogP) is 9.23. The fourth-order valence-electron chi connectivity index (χ4n) is 8.57. The van der Waals surface area contributed by atoms with Crippen LogP contribution in [0.1, 0.15) is 121 Å². The minimum atomic E-state index is -2.43. The number of hydrogen-bond donors (Lipinski definition) is 2. The monoisotopic (exact) mass is 602 g/mol. The van der Waals surface area contributed by atoms with Crippen LogP contribution in [-0.2, 0) is 6.42 Å². The molecular formula is C33H54O2Sn. The van der Waals surface area contributed by atoms with Crippen LogP contribution in [0, 0.1) is 24.2 Å². The molecule has 0 aliphatic heterocycles. The zero-order valence-electron chi connectivity index (χ0n) is 24.0. The van der Waals surface area contributed by atoms with Crippen molar-refractivity contribution in [2.45, 2.75) is 136 Å². The van der Waals surface area contributed by atoms with Gasteiger partial charge in [0.15, 0.2) is 0 Å². The summed E-state index contributed by atoms with van der Waals surface area (Å²) in [5.74, 6) is 2.35. The molecule has 0 heterocycles. The second-order valence-corrected chi connectivity index (χ2v) is 26.2. The molecule has 0 radical (unpaired) electrons. The molecule has 2 nitrogen and oxygen atoms in total. The van der Waals surface area contributed by atoms with Crippen molar-refractivity contribution < 1.29 is 10.2 Å². The third-order valence-corrected chi connectivity index (χ3v) is 25.1. The summed E-state index contributed by atoms with van der Waals surface area (Å²) >= 11 is -2.43. The molecule has 1 aromatic rings. The van der Waals surface area contributed by atoms with Gasteiger partial charge in [-0.15, -0.1) is 0 Å². The fraction of sp³-hybridized carbons (Fsp3) is 0.758. The van der Waals surface area contributed by atoms with Gasteiger partial charge < -0.3 is 0 Å². The Morgan fingerprint density at radius 1 is 0.944 bits per heavy atom. The SMILES string of the molecule is CCC[CH2][Sn](/[CH]=C\[C@]1(O)CC[C@H]2[C@@H]3CCc4cc(O)c(C)cc4[C@H]3CC[C@@]21C)([CH2]CCC)[CH2]CCC. The molecule has 0 aromatic heterocycles. The molecule has 36 heavy (non-hydrogen) atoms. The van der Waals surface area contributed by atoms with Gasteiger partial charge in [0.1, 0.15) is 0 Å². The number of fused-ring (bicyclic) bond motifs is 5. The van der Waals surface area contributed by atoms with Crippen molar-refractivity contribution in [2.24, 2.45) is 17.3 Å². The van der Waals surface area contributed by atoms with Gasteiger partial charge in [-0.2, -0.15) is 0 Å². The second kappa shape index (κ2) is 11.7. The van der Waals surface area contributed by atoms with E-state index in [1.54, 1.807) is 0 Å². The average Bonchev–Trinajstić information content (AvgIpc) is 3.14. The van der Waals surface area contributed by atoms with Crippen LogP contribution in [0.25, 0.3) is 0 Å². The number of phenols is 1. The van der Waals surface area contributed by atoms with Gasteiger partial charge in [0.25, 0.3) is 0 Å². The zero-order valence-corrected chi connectivity index (χ0v) is 26.9. The van der Waals surface area contributed by atoms with Crippen LogP contribution in [0.4, 0.5) is 0 Å². The number of benzene rings is 1. The summed E-state index contributed by atoms with van der Waals surface area (Å²) < 4.78 is 7.18. The van der Waals surface area contributed by atoms with E-state index in [-0.39, 0.29) is 5.41 Å². The van der Waals surface area contributed by atoms with Gasteiger partial charge in [-0.05, 0) is 0 Å². The molecule has 1 aromatic carbocycles. The first kappa shape index (κ1) is 28.5. The van der Waals surface area contributed by atoms with Crippen LogP contribution < -0.4 is 0 Å². The molecule has 2 N–H and O–H groups in total. The minimum absolute atomic E-state index is 0.00596. The first-order chi connectivity index (χ1) is 17.2. The Kier molecular flexibility index (Phi) is 9.29. The molecule has 0 saturated heterocycles. The van der Waals surface area contributed by atoms with Crippen LogP contribution in [0.5, 0.6) is 5.75 Å². The quantitative estimate of drug-likeness (QED) is 0.248. The van der Waals surface area contributed by atoms with Gasteiger partial charge in [0.05, 0.1) is 0 Å². The van der Waals surface area contributed by atoms with Crippen molar-refractivity contribution in [1.82, 2.24) is 0 Å². The van der Waals surface area contributed by atoms with E-state index >= 15 is 0 Å². The molecule has 0 spiro atoms. The molecule has 2 saturated carbocycles. The van der Waals surface area contributed by atoms with E-state index in [1.165, 1.54) is 82.2 Å². The maximum absolute atomic E-state index is 12.4. The zero-order chi connectivity index (χ0) is 26.0. The fourth-order valence-corrected chi connectivity index (χ4v) is 23.0. The Bertz CT molecular complexity index is 901. The first-order valence-electron chi connectivity index (χ1n) is 15.5. The molecule has 0 unspecified atom stereocenters. The van der Waals surface area contributed by atoms with Crippen molar-refractivity contribution in [3.8, 4) is 5.75 Å². The average molecular weight is 602 g/mol. The van der Waals surface area contributed by atoms with Gasteiger partial charge in [-0.25, -0.2) is 0 Å². The van der Waals surface area contributed by atoms with Crippen molar-refractivity contribution in [3.05, 3.63) is 39.0 Å². The van der Waals surface area contributed by atoms with Gasteiger partial charge in [0.2, 0.25) is 0 Å². The van der Waals surface area contributed by atoms with Crippen LogP contribution in [-0.4, -0.2) is 34.2 Å². The third-order valence-electron chi connectivity index (χ3n) is 11.1. The predicted molar refractivity (Wildman–Crippen MR) is 156 cm³/mol. The van der Waals surface area contributed by atoms with Gasteiger partial charge in [0, 0.05) is 0 Å². The number of hydrogen-bond acceptors (Lipinski definition) is 2. The molecule has 3 heteroatoms. The van der Waals surface area contributed by atoms with E-state index in [0.29, 0.717) is 23.5 Å². The number of aryl methyl sites for hydroxylation is 2. The summed E-state index contributed by atoms with van der Waals surface area (Å²) in [5.41, 5.74) is 3.27. The molecule has 2 fully saturated rings. The Morgan fingerprint density at radius 2 is 1.58 bits per heavy atom. The van der Waals surface area contributed by atoms with Gasteiger partial charge >= 0.3 is 227 Å². The molecular weight excluding hydrogens is 547 g/mol. The van der Waals surface area contributed by atoms with E-state index in [0.717, 1.165) is 24.8 Å². The topological polar surface area (TPSA) is 40.5 Å². The standard InChI is InChI=1S/C21H27O2.3C4H9.Sn/c1-4-21(23)10-8-18-16-6-5-14-12-19(22)13(2)11-17(14)15(16)7-9-20(18,21)3;3*1-3-4-2;/h1,4,11-12,15-16,18,22-23H,5-10H2,2-3H3;3*1,3-4H2,2H3;/t15-,16+,18-,20-,21-;;;;/m0..../s1. The molecule has 3 aliphatic rings. The summed E-state index contributed by atoms with van der Waals surface area (Å²) in [5, 5.41) is 22.6. The molecule has 3 aliphatic carbocycles. The molecule has 202 valence electrons. The molecule has 4 rings (SSSR count). The normalized spacial score (nSPS) is 31.9. The van der Waals surface area contributed by atoms with Gasteiger partial charge in [-0.1, -0.05) is 0 Å². The van der Waals surface area contributed by atoms with E-state index < -0.39 is 24.0 Å². The van der Waals surface area contributed by atoms with E-state index in [1.807, 2.05) is 13.0 Å². The molecule has 0 bridgehead atoms. The maximum atomic E-state index is 12.4. The molecule has 0 amide bonds. The summed E-state index contributed by atoms with van der Waals surface area (Å²) in [6.45, 7) is 11.5. The second-order valence-electron chi connectivity index (χ2n) is 13.2. The number of aromatic hydroxyl groups is 1. The van der Waals surface area contributed by atoms with Crippen LogP contribution in [0.2, 0.25) is 13.3 Å². The van der Waals surface area contributed by atoms with Gasteiger partial charge in [-0.3, -0.25) is 0 Å². The Hall–Kier alpha value is -0.481. The third kappa shape index (κ3) is 5.33. The first-order valence-corrected chi connectivity index (χ1v) is 23.2. The van der Waals surface area contributed by atoms with Crippen LogP contribution in [0.15, 0.2) is 22.3 Å². The van der Waals surface area contributed by atoms with E-state index in [4.69, 9.17) is 0 Å². The summed E-state index contributed by atoms with van der Waals surface area (Å²) in [4.78, 5) is 0. The Labute approximate surface area is 226 Å². The summed E-state index contributed by atoms with van der Waals surface area (Å²) in [6, 6.07) is 4.32. The van der Waals surface area contributed by atoms with Crippen molar-refractivity contribution in [1.29, 1.82) is 0 Å². The Morgan fingerprint density at radius 3 is 2.19 bits per heavy atom. The van der Waals surface area contributed by atoms with E-state index in [9.17, 15) is 10.2 Å². The summed E-state index contributed by atoms with van der Waals surface area (Å²) in [7, 11) is 0. The molecule has 5 atom stereocenters. The summed E-state index contributed by atoms with van der Waals surface area (Å²) in [6.07, 6.45) is 17.2. The van der Waals surface area contributed by atoms with Crippen LogP contribution >= 0.6 is 0 Å². The van der Waals surface area contributed by atoms with Crippen molar-refractivity contribution in [3.63, 3.8) is 0 Å². The number of unbranched alkanes of at least 4 members (excludes halogenated alkanes) is 3. The van der Waals surface area contributed by atoms with Crippen molar-refractivity contribution >= 4 is 18.4 Å². The number of rotatable bonds is 11.